The van der Waals surface area contributed by atoms with Gasteiger partial charge < -0.3 is 15.2 Å². The zero-order valence-corrected chi connectivity index (χ0v) is 11.9. The highest BCUT2D eigenvalue weighted by molar-refractivity contribution is 5.85. The molecule has 0 saturated carbocycles. The van der Waals surface area contributed by atoms with Crippen molar-refractivity contribution in [2.75, 3.05) is 6.61 Å². The number of amides is 1. The molecule has 0 fully saturated rings. The van der Waals surface area contributed by atoms with Crippen LogP contribution in [-0.2, 0) is 25.5 Å². The summed E-state index contributed by atoms with van der Waals surface area (Å²) in [5.41, 5.74) is 1.12. The summed E-state index contributed by atoms with van der Waals surface area (Å²) in [6.45, 7) is 0.722. The molecule has 0 aliphatic heterocycles. The number of hydrogen-bond donors (Lipinski definition) is 2. The van der Waals surface area contributed by atoms with E-state index in [1.54, 1.807) is 0 Å². The van der Waals surface area contributed by atoms with Gasteiger partial charge in [0.2, 0.25) is 0 Å². The van der Waals surface area contributed by atoms with Crippen LogP contribution in [0.2, 0.25) is 0 Å². The Labute approximate surface area is 123 Å². The van der Waals surface area contributed by atoms with Gasteiger partial charge in [0.25, 0.3) is 5.91 Å². The summed E-state index contributed by atoms with van der Waals surface area (Å²) < 4.78 is 4.51. The predicted molar refractivity (Wildman–Crippen MR) is 75.6 cm³/mol. The SMILES string of the molecule is CC(=O)OCC(=O)N[C@H](CCCc1ccccc1)C(=O)O. The van der Waals surface area contributed by atoms with E-state index in [0.29, 0.717) is 12.8 Å². The average Bonchev–Trinajstić information content (AvgIpc) is 2.45. The van der Waals surface area contributed by atoms with Crippen LogP contribution in [0.15, 0.2) is 30.3 Å². The Hall–Kier alpha value is -2.37. The number of aliphatic carboxylic acids is 1. The summed E-state index contributed by atoms with van der Waals surface area (Å²) in [7, 11) is 0. The van der Waals surface area contributed by atoms with Gasteiger partial charge in [0, 0.05) is 6.92 Å². The van der Waals surface area contributed by atoms with Gasteiger partial charge in [-0.1, -0.05) is 30.3 Å². The van der Waals surface area contributed by atoms with Gasteiger partial charge >= 0.3 is 11.9 Å². The topological polar surface area (TPSA) is 92.7 Å². The van der Waals surface area contributed by atoms with Gasteiger partial charge in [0.15, 0.2) is 6.61 Å². The lowest BCUT2D eigenvalue weighted by Gasteiger charge is -2.14. The zero-order valence-electron chi connectivity index (χ0n) is 11.9. The molecule has 1 amide bonds. The number of esters is 1. The number of carbonyl (C=O) groups is 3. The molecule has 2 N–H and O–H groups in total. The van der Waals surface area contributed by atoms with E-state index in [1.165, 1.54) is 6.92 Å². The van der Waals surface area contributed by atoms with E-state index in [9.17, 15) is 14.4 Å². The van der Waals surface area contributed by atoms with Crippen molar-refractivity contribution in [1.82, 2.24) is 5.32 Å². The Balaban J connectivity index is 2.38. The highest BCUT2D eigenvalue weighted by Crippen LogP contribution is 2.07. The summed E-state index contributed by atoms with van der Waals surface area (Å²) in [5.74, 6) is -2.29. The molecule has 0 radical (unpaired) electrons. The minimum absolute atomic E-state index is 0.316. The molecular weight excluding hydrogens is 274 g/mol. The van der Waals surface area contributed by atoms with E-state index in [4.69, 9.17) is 5.11 Å². The molecule has 0 heterocycles. The Bertz CT molecular complexity index is 486. The van der Waals surface area contributed by atoms with Crippen molar-refractivity contribution in [2.45, 2.75) is 32.2 Å². The predicted octanol–water partition coefficient (Wildman–Crippen LogP) is 1.14. The van der Waals surface area contributed by atoms with Crippen molar-refractivity contribution < 1.29 is 24.2 Å². The molecule has 1 aromatic carbocycles. The maximum atomic E-state index is 11.4. The lowest BCUT2D eigenvalue weighted by Crippen LogP contribution is -2.42. The van der Waals surface area contributed by atoms with Crippen molar-refractivity contribution in [3.63, 3.8) is 0 Å². The van der Waals surface area contributed by atoms with Crippen molar-refractivity contribution in [1.29, 1.82) is 0 Å². The number of rotatable bonds is 8. The fourth-order valence-electron chi connectivity index (χ4n) is 1.82. The summed E-state index contributed by atoms with van der Waals surface area (Å²) in [4.78, 5) is 33.1. The third-order valence-electron chi connectivity index (χ3n) is 2.84. The number of hydrogen-bond acceptors (Lipinski definition) is 4. The monoisotopic (exact) mass is 293 g/mol. The Morgan fingerprint density at radius 2 is 1.90 bits per heavy atom. The third-order valence-corrected chi connectivity index (χ3v) is 2.84. The van der Waals surface area contributed by atoms with E-state index in [1.807, 2.05) is 30.3 Å². The first-order valence-electron chi connectivity index (χ1n) is 6.68. The normalized spacial score (nSPS) is 11.5. The molecule has 0 saturated heterocycles. The van der Waals surface area contributed by atoms with E-state index >= 15 is 0 Å². The first kappa shape index (κ1) is 16.7. The largest absolute Gasteiger partial charge is 0.480 e. The fraction of sp³-hybridized carbons (Fsp3) is 0.400. The zero-order chi connectivity index (χ0) is 15.7. The molecule has 1 atom stereocenters. The van der Waals surface area contributed by atoms with Gasteiger partial charge in [0.1, 0.15) is 6.04 Å². The molecule has 114 valence electrons. The highest BCUT2D eigenvalue weighted by Gasteiger charge is 2.19. The second-order valence-corrected chi connectivity index (χ2v) is 4.62. The molecule has 1 rings (SSSR count). The van der Waals surface area contributed by atoms with Gasteiger partial charge in [-0.3, -0.25) is 9.59 Å². The quantitative estimate of drug-likeness (QED) is 0.701. The Kier molecular flexibility index (Phi) is 6.94. The first-order chi connectivity index (χ1) is 9.99. The summed E-state index contributed by atoms with van der Waals surface area (Å²) in [6.07, 6.45) is 1.69. The maximum Gasteiger partial charge on any atom is 0.326 e. The molecule has 0 spiro atoms. The van der Waals surface area contributed by atoms with Crippen molar-refractivity contribution >= 4 is 17.8 Å². The smallest absolute Gasteiger partial charge is 0.326 e. The maximum absolute atomic E-state index is 11.4. The van der Waals surface area contributed by atoms with Gasteiger partial charge in [-0.15, -0.1) is 0 Å². The van der Waals surface area contributed by atoms with Crippen LogP contribution in [0, 0.1) is 0 Å². The van der Waals surface area contributed by atoms with Crippen LogP contribution in [0.3, 0.4) is 0 Å². The molecule has 0 unspecified atom stereocenters. The van der Waals surface area contributed by atoms with Crippen LogP contribution in [0.25, 0.3) is 0 Å². The van der Waals surface area contributed by atoms with Gasteiger partial charge in [-0.05, 0) is 24.8 Å². The van der Waals surface area contributed by atoms with Gasteiger partial charge in [-0.2, -0.15) is 0 Å². The minimum atomic E-state index is -1.10. The Morgan fingerprint density at radius 3 is 2.48 bits per heavy atom. The lowest BCUT2D eigenvalue weighted by molar-refractivity contribution is -0.148. The molecule has 0 aliphatic rings. The van der Waals surface area contributed by atoms with Crippen LogP contribution in [0.1, 0.15) is 25.3 Å². The van der Waals surface area contributed by atoms with Gasteiger partial charge in [-0.25, -0.2) is 4.79 Å². The van der Waals surface area contributed by atoms with E-state index in [2.05, 4.69) is 10.1 Å². The fourth-order valence-corrected chi connectivity index (χ4v) is 1.82. The third kappa shape index (κ3) is 7.10. The Morgan fingerprint density at radius 1 is 1.24 bits per heavy atom. The highest BCUT2D eigenvalue weighted by atomic mass is 16.5. The summed E-state index contributed by atoms with van der Waals surface area (Å²) in [5, 5.41) is 11.4. The molecule has 21 heavy (non-hydrogen) atoms. The molecule has 6 heteroatoms. The number of nitrogens with one attached hydrogen (secondary N) is 1. The molecule has 0 bridgehead atoms. The van der Waals surface area contributed by atoms with Crippen molar-refractivity contribution in [2.24, 2.45) is 0 Å². The van der Waals surface area contributed by atoms with Crippen molar-refractivity contribution in [3.8, 4) is 0 Å². The number of aryl methyl sites for hydroxylation is 1. The van der Waals surface area contributed by atoms with E-state index in [0.717, 1.165) is 12.0 Å². The number of benzene rings is 1. The van der Waals surface area contributed by atoms with Gasteiger partial charge in [0.05, 0.1) is 0 Å². The van der Waals surface area contributed by atoms with Crippen LogP contribution < -0.4 is 5.32 Å². The molecular formula is C15H19NO5. The van der Waals surface area contributed by atoms with Crippen LogP contribution >= 0.6 is 0 Å². The second kappa shape index (κ2) is 8.73. The lowest BCUT2D eigenvalue weighted by atomic mass is 10.0. The van der Waals surface area contributed by atoms with E-state index in [-0.39, 0.29) is 0 Å². The standard InChI is InChI=1S/C15H19NO5/c1-11(17)21-10-14(18)16-13(15(19)20)9-5-8-12-6-3-2-4-7-12/h2-4,6-7,13H,5,8-10H2,1H3,(H,16,18)(H,19,20)/t13-/m1/s1. The summed E-state index contributed by atoms with van der Waals surface area (Å²) >= 11 is 0. The molecule has 6 nitrogen and oxygen atoms in total. The molecule has 0 aromatic heterocycles. The number of carboxylic acid groups (broad SMARTS) is 1. The average molecular weight is 293 g/mol. The van der Waals surface area contributed by atoms with E-state index < -0.39 is 30.5 Å². The van der Waals surface area contributed by atoms with Crippen LogP contribution in [0.4, 0.5) is 0 Å². The first-order valence-corrected chi connectivity index (χ1v) is 6.68. The van der Waals surface area contributed by atoms with Crippen molar-refractivity contribution in [3.05, 3.63) is 35.9 Å². The summed E-state index contributed by atoms with van der Waals surface area (Å²) in [6, 6.07) is 8.72. The molecule has 0 aliphatic carbocycles. The number of carboxylic acids is 1. The second-order valence-electron chi connectivity index (χ2n) is 4.62. The number of carbonyl (C=O) groups excluding carboxylic acids is 2. The minimum Gasteiger partial charge on any atom is -0.480 e. The number of ether oxygens (including phenoxy) is 1. The van der Waals surface area contributed by atoms with Crippen LogP contribution in [-0.4, -0.2) is 35.6 Å². The van der Waals surface area contributed by atoms with Crippen LogP contribution in [0.5, 0.6) is 0 Å². The molecule has 1 aromatic rings.